The van der Waals surface area contributed by atoms with Gasteiger partial charge in [-0.05, 0) is 38.0 Å². The van der Waals surface area contributed by atoms with Gasteiger partial charge >= 0.3 is 0 Å². The predicted molar refractivity (Wildman–Crippen MR) is 52.0 cm³/mol. The van der Waals surface area contributed by atoms with E-state index in [4.69, 9.17) is 0 Å². The molecule has 0 aromatic rings. The highest BCUT2D eigenvalue weighted by Crippen LogP contribution is 2.25. The number of aliphatic hydroxyl groups is 1. The molecule has 1 aliphatic rings. The lowest BCUT2D eigenvalue weighted by Crippen LogP contribution is -2.16. The molecule has 0 heterocycles. The molecule has 0 aliphatic heterocycles. The van der Waals surface area contributed by atoms with Gasteiger partial charge in [-0.25, -0.2) is 0 Å². The van der Waals surface area contributed by atoms with Crippen LogP contribution in [0, 0.1) is 5.92 Å². The Balaban J connectivity index is 2.17. The standard InChI is InChI=1S/C11H20O/c1-2-3-4-5-10-6-8-11(12)9-7-10/h4-5,10-12H,2-3,6-9H2,1H3/t10-,11-. The zero-order valence-electron chi connectivity index (χ0n) is 8.00. The van der Waals surface area contributed by atoms with Crippen molar-refractivity contribution in [3.05, 3.63) is 12.2 Å². The van der Waals surface area contributed by atoms with E-state index < -0.39 is 0 Å². The summed E-state index contributed by atoms with van der Waals surface area (Å²) in [6.07, 6.45) is 11.4. The van der Waals surface area contributed by atoms with Crippen LogP contribution in [0.5, 0.6) is 0 Å². The molecule has 12 heavy (non-hydrogen) atoms. The third kappa shape index (κ3) is 3.40. The summed E-state index contributed by atoms with van der Waals surface area (Å²) in [6, 6.07) is 0. The second-order valence-corrected chi connectivity index (χ2v) is 3.79. The lowest BCUT2D eigenvalue weighted by atomic mass is 9.87. The number of aliphatic hydroxyl groups excluding tert-OH is 1. The maximum atomic E-state index is 9.27. The van der Waals surface area contributed by atoms with Crippen molar-refractivity contribution in [3.8, 4) is 0 Å². The fraction of sp³-hybridized carbons (Fsp3) is 0.818. The number of hydrogen-bond acceptors (Lipinski definition) is 1. The molecule has 1 fully saturated rings. The molecule has 0 spiro atoms. The van der Waals surface area contributed by atoms with Gasteiger partial charge in [-0.15, -0.1) is 0 Å². The van der Waals surface area contributed by atoms with Crippen LogP contribution in [0.25, 0.3) is 0 Å². The normalized spacial score (nSPS) is 31.2. The molecule has 1 N–H and O–H groups in total. The first kappa shape index (κ1) is 9.79. The van der Waals surface area contributed by atoms with Gasteiger partial charge in [0.2, 0.25) is 0 Å². The van der Waals surface area contributed by atoms with Crippen LogP contribution in [-0.2, 0) is 0 Å². The summed E-state index contributed by atoms with van der Waals surface area (Å²) in [4.78, 5) is 0. The van der Waals surface area contributed by atoms with Crippen molar-refractivity contribution in [2.24, 2.45) is 5.92 Å². The van der Waals surface area contributed by atoms with Crippen molar-refractivity contribution in [1.82, 2.24) is 0 Å². The van der Waals surface area contributed by atoms with E-state index in [1.807, 2.05) is 0 Å². The first-order valence-electron chi connectivity index (χ1n) is 5.17. The quantitative estimate of drug-likeness (QED) is 0.642. The van der Waals surface area contributed by atoms with Crippen molar-refractivity contribution in [2.45, 2.75) is 51.6 Å². The second kappa shape index (κ2) is 5.36. The van der Waals surface area contributed by atoms with Crippen molar-refractivity contribution < 1.29 is 5.11 Å². The Kier molecular flexibility index (Phi) is 4.37. The Labute approximate surface area is 75.5 Å². The molecule has 0 aromatic carbocycles. The fourth-order valence-corrected chi connectivity index (χ4v) is 1.75. The van der Waals surface area contributed by atoms with E-state index in [0.717, 1.165) is 18.8 Å². The van der Waals surface area contributed by atoms with Gasteiger partial charge in [-0.3, -0.25) is 0 Å². The number of allylic oxidation sites excluding steroid dienone is 2. The van der Waals surface area contributed by atoms with E-state index in [0.29, 0.717) is 0 Å². The summed E-state index contributed by atoms with van der Waals surface area (Å²) in [7, 11) is 0. The van der Waals surface area contributed by atoms with Gasteiger partial charge in [0.15, 0.2) is 0 Å². The van der Waals surface area contributed by atoms with Crippen LogP contribution in [0.4, 0.5) is 0 Å². The monoisotopic (exact) mass is 168 g/mol. The molecule has 1 heteroatoms. The SMILES string of the molecule is CCCC=C[C@H]1CC[C@H](O)CC1. The van der Waals surface area contributed by atoms with Crippen molar-refractivity contribution in [2.75, 3.05) is 0 Å². The molecule has 0 bridgehead atoms. The number of rotatable bonds is 3. The maximum absolute atomic E-state index is 9.27. The molecule has 0 atom stereocenters. The Hall–Kier alpha value is -0.300. The van der Waals surface area contributed by atoms with E-state index in [1.165, 1.54) is 25.7 Å². The van der Waals surface area contributed by atoms with Gasteiger partial charge in [0.1, 0.15) is 0 Å². The molecule has 0 amide bonds. The first-order valence-corrected chi connectivity index (χ1v) is 5.17. The average Bonchev–Trinajstić information content (AvgIpc) is 2.09. The lowest BCUT2D eigenvalue weighted by molar-refractivity contribution is 0.118. The smallest absolute Gasteiger partial charge is 0.0540 e. The van der Waals surface area contributed by atoms with Gasteiger partial charge in [0.25, 0.3) is 0 Å². The van der Waals surface area contributed by atoms with E-state index >= 15 is 0 Å². The molecule has 0 saturated heterocycles. The van der Waals surface area contributed by atoms with Gasteiger partial charge in [0, 0.05) is 0 Å². The molecule has 1 aliphatic carbocycles. The Morgan fingerprint density at radius 1 is 1.25 bits per heavy atom. The summed E-state index contributed by atoms with van der Waals surface area (Å²) in [5, 5.41) is 9.27. The van der Waals surface area contributed by atoms with Crippen molar-refractivity contribution in [1.29, 1.82) is 0 Å². The van der Waals surface area contributed by atoms with Crippen LogP contribution < -0.4 is 0 Å². The summed E-state index contributed by atoms with van der Waals surface area (Å²) >= 11 is 0. The van der Waals surface area contributed by atoms with Crippen LogP contribution >= 0.6 is 0 Å². The lowest BCUT2D eigenvalue weighted by Gasteiger charge is -2.22. The zero-order chi connectivity index (χ0) is 8.81. The van der Waals surface area contributed by atoms with Crippen LogP contribution in [-0.4, -0.2) is 11.2 Å². The highest BCUT2D eigenvalue weighted by atomic mass is 16.3. The molecule has 0 radical (unpaired) electrons. The molecule has 0 aromatic heterocycles. The minimum Gasteiger partial charge on any atom is -0.393 e. The van der Waals surface area contributed by atoms with E-state index in [9.17, 15) is 5.11 Å². The number of hydrogen-bond donors (Lipinski definition) is 1. The molecular formula is C11H20O. The highest BCUT2D eigenvalue weighted by Gasteiger charge is 2.16. The summed E-state index contributed by atoms with van der Waals surface area (Å²) in [5.41, 5.74) is 0. The van der Waals surface area contributed by atoms with Gasteiger partial charge in [-0.2, -0.15) is 0 Å². The maximum Gasteiger partial charge on any atom is 0.0540 e. The molecular weight excluding hydrogens is 148 g/mol. The summed E-state index contributed by atoms with van der Waals surface area (Å²) in [5.74, 6) is 0.750. The summed E-state index contributed by atoms with van der Waals surface area (Å²) < 4.78 is 0. The van der Waals surface area contributed by atoms with Crippen LogP contribution in [0.3, 0.4) is 0 Å². The van der Waals surface area contributed by atoms with Crippen molar-refractivity contribution in [3.63, 3.8) is 0 Å². The minimum absolute atomic E-state index is 0.0131. The molecule has 1 nitrogen and oxygen atoms in total. The van der Waals surface area contributed by atoms with Gasteiger partial charge < -0.3 is 5.11 Å². The first-order chi connectivity index (χ1) is 5.83. The van der Waals surface area contributed by atoms with Gasteiger partial charge in [0.05, 0.1) is 6.10 Å². The fourth-order valence-electron chi connectivity index (χ4n) is 1.75. The number of unbranched alkanes of at least 4 members (excludes halogenated alkanes) is 1. The van der Waals surface area contributed by atoms with Crippen LogP contribution in [0.1, 0.15) is 45.4 Å². The zero-order valence-corrected chi connectivity index (χ0v) is 8.00. The van der Waals surface area contributed by atoms with E-state index in [1.54, 1.807) is 0 Å². The molecule has 1 saturated carbocycles. The highest BCUT2D eigenvalue weighted by molar-refractivity contribution is 4.90. The third-order valence-electron chi connectivity index (χ3n) is 2.60. The Morgan fingerprint density at radius 3 is 2.50 bits per heavy atom. The molecule has 0 unspecified atom stereocenters. The van der Waals surface area contributed by atoms with E-state index in [2.05, 4.69) is 19.1 Å². The Morgan fingerprint density at radius 2 is 1.92 bits per heavy atom. The van der Waals surface area contributed by atoms with Crippen molar-refractivity contribution >= 4 is 0 Å². The molecule has 70 valence electrons. The predicted octanol–water partition coefficient (Wildman–Crippen LogP) is 2.89. The third-order valence-corrected chi connectivity index (χ3v) is 2.60. The van der Waals surface area contributed by atoms with Crippen LogP contribution in [0.2, 0.25) is 0 Å². The topological polar surface area (TPSA) is 20.2 Å². The summed E-state index contributed by atoms with van der Waals surface area (Å²) in [6.45, 7) is 2.20. The van der Waals surface area contributed by atoms with Gasteiger partial charge in [-0.1, -0.05) is 25.5 Å². The molecule has 1 rings (SSSR count). The second-order valence-electron chi connectivity index (χ2n) is 3.79. The van der Waals surface area contributed by atoms with Crippen LogP contribution in [0.15, 0.2) is 12.2 Å². The minimum atomic E-state index is -0.0131. The van der Waals surface area contributed by atoms with E-state index in [-0.39, 0.29) is 6.10 Å². The largest absolute Gasteiger partial charge is 0.393 e. The Bertz CT molecular complexity index is 132. The average molecular weight is 168 g/mol.